The van der Waals surface area contributed by atoms with Gasteiger partial charge in [-0.15, -0.1) is 0 Å². The third-order valence-corrected chi connectivity index (χ3v) is 6.06. The number of piperazine rings is 1. The van der Waals surface area contributed by atoms with E-state index in [0.717, 1.165) is 32.6 Å². The predicted octanol–water partition coefficient (Wildman–Crippen LogP) is 5.43. The molecule has 2 aromatic rings. The quantitative estimate of drug-likeness (QED) is 0.644. The van der Waals surface area contributed by atoms with Crippen molar-refractivity contribution in [2.75, 3.05) is 24.5 Å². The van der Waals surface area contributed by atoms with E-state index < -0.39 is 0 Å². The Morgan fingerprint density at radius 3 is 2.39 bits per heavy atom. The van der Waals surface area contributed by atoms with Crippen LogP contribution < -0.4 is 4.90 Å². The highest BCUT2D eigenvalue weighted by Crippen LogP contribution is 2.46. The highest BCUT2D eigenvalue weighted by atomic mass is 19.1. The van der Waals surface area contributed by atoms with Crippen LogP contribution in [-0.4, -0.2) is 30.1 Å². The molecule has 0 unspecified atom stereocenters. The summed E-state index contributed by atoms with van der Waals surface area (Å²) in [5.74, 6) is 0.399. The molecular formula is C24H28FN3. The van der Waals surface area contributed by atoms with Gasteiger partial charge in [0.2, 0.25) is 0 Å². The van der Waals surface area contributed by atoms with Crippen LogP contribution in [0, 0.1) is 18.3 Å². The van der Waals surface area contributed by atoms with Crippen molar-refractivity contribution in [2.24, 2.45) is 5.92 Å². The maximum absolute atomic E-state index is 14.5. The minimum atomic E-state index is -0.279. The molecule has 2 aromatic carbocycles. The molecule has 0 N–H and O–H groups in total. The van der Waals surface area contributed by atoms with E-state index in [2.05, 4.69) is 52.8 Å². The number of halogens is 1. The van der Waals surface area contributed by atoms with Crippen molar-refractivity contribution in [2.45, 2.75) is 45.2 Å². The smallest absolute Gasteiger partial charge is 0.190 e. The molecular weight excluding hydrogens is 349 g/mol. The first-order valence-electron chi connectivity index (χ1n) is 10.2. The largest absolute Gasteiger partial charge is 0.366 e. The second-order valence-corrected chi connectivity index (χ2v) is 8.73. The van der Waals surface area contributed by atoms with Gasteiger partial charge in [0.1, 0.15) is 5.82 Å². The summed E-state index contributed by atoms with van der Waals surface area (Å²) in [6.45, 7) is 15.1. The number of nitrogens with zero attached hydrogens (tertiary/aromatic N) is 3. The van der Waals surface area contributed by atoms with Gasteiger partial charge in [-0.1, -0.05) is 44.2 Å². The molecule has 2 fully saturated rings. The number of anilines is 1. The van der Waals surface area contributed by atoms with Gasteiger partial charge in [-0.3, -0.25) is 4.90 Å². The second-order valence-electron chi connectivity index (χ2n) is 8.73. The molecule has 1 spiro atoms. The Hall–Kier alpha value is -2.38. The molecule has 146 valence electrons. The number of rotatable bonds is 5. The summed E-state index contributed by atoms with van der Waals surface area (Å²) in [4.78, 5) is 8.08. The normalized spacial score (nSPS) is 18.5. The highest BCUT2D eigenvalue weighted by Gasteiger charge is 2.51. The Kier molecular flexibility index (Phi) is 5.12. The molecule has 1 saturated carbocycles. The Morgan fingerprint density at radius 2 is 1.79 bits per heavy atom. The molecule has 3 nitrogen and oxygen atoms in total. The maximum atomic E-state index is 14.5. The summed E-state index contributed by atoms with van der Waals surface area (Å²) in [6, 6.07) is 13.9. The first-order valence-corrected chi connectivity index (χ1v) is 10.2. The van der Waals surface area contributed by atoms with Gasteiger partial charge in [0.15, 0.2) is 5.69 Å². The lowest BCUT2D eigenvalue weighted by atomic mass is 10.0. The van der Waals surface area contributed by atoms with Gasteiger partial charge in [0, 0.05) is 31.7 Å². The van der Waals surface area contributed by atoms with Crippen LogP contribution in [-0.2, 0) is 13.0 Å². The molecule has 0 amide bonds. The van der Waals surface area contributed by atoms with Crippen LogP contribution in [0.3, 0.4) is 0 Å². The van der Waals surface area contributed by atoms with Crippen LogP contribution in [0.4, 0.5) is 15.8 Å². The first kappa shape index (κ1) is 19.0. The van der Waals surface area contributed by atoms with Crippen LogP contribution in [0.25, 0.3) is 4.85 Å². The summed E-state index contributed by atoms with van der Waals surface area (Å²) >= 11 is 0. The van der Waals surface area contributed by atoms with Crippen LogP contribution in [0.5, 0.6) is 0 Å². The van der Waals surface area contributed by atoms with Gasteiger partial charge in [0.25, 0.3) is 0 Å². The summed E-state index contributed by atoms with van der Waals surface area (Å²) in [5.41, 5.74) is 3.95. The van der Waals surface area contributed by atoms with E-state index in [1.54, 1.807) is 12.1 Å². The molecule has 1 heterocycles. The van der Waals surface area contributed by atoms with E-state index in [1.165, 1.54) is 30.0 Å². The fraction of sp³-hybridized carbons (Fsp3) is 0.458. The van der Waals surface area contributed by atoms with Crippen molar-refractivity contribution in [3.63, 3.8) is 0 Å². The van der Waals surface area contributed by atoms with Gasteiger partial charge in [0.05, 0.1) is 12.3 Å². The molecule has 1 aliphatic heterocycles. The Balaban J connectivity index is 1.43. The third kappa shape index (κ3) is 3.91. The van der Waals surface area contributed by atoms with E-state index in [4.69, 9.17) is 6.57 Å². The lowest BCUT2D eigenvalue weighted by Gasteiger charge is -2.43. The van der Waals surface area contributed by atoms with Crippen LogP contribution >= 0.6 is 0 Å². The minimum absolute atomic E-state index is 0.180. The van der Waals surface area contributed by atoms with Gasteiger partial charge >= 0.3 is 0 Å². The predicted molar refractivity (Wildman–Crippen MR) is 112 cm³/mol. The summed E-state index contributed by atoms with van der Waals surface area (Å²) in [5, 5.41) is 0. The third-order valence-electron chi connectivity index (χ3n) is 6.06. The molecule has 4 heteroatoms. The average molecular weight is 378 g/mol. The Labute approximate surface area is 167 Å². The van der Waals surface area contributed by atoms with E-state index in [0.29, 0.717) is 17.3 Å². The second kappa shape index (κ2) is 7.56. The monoisotopic (exact) mass is 377 g/mol. The number of hydrogen-bond donors (Lipinski definition) is 0. The average Bonchev–Trinajstić information content (AvgIpc) is 3.44. The summed E-state index contributed by atoms with van der Waals surface area (Å²) < 4.78 is 14.5. The van der Waals surface area contributed by atoms with Crippen molar-refractivity contribution in [3.05, 3.63) is 70.8 Å². The maximum Gasteiger partial charge on any atom is 0.190 e. The molecule has 0 atom stereocenters. The van der Waals surface area contributed by atoms with Crippen LogP contribution in [0.1, 0.15) is 37.8 Å². The molecule has 4 rings (SSSR count). The van der Waals surface area contributed by atoms with Gasteiger partial charge < -0.3 is 4.90 Å². The van der Waals surface area contributed by atoms with E-state index in [-0.39, 0.29) is 11.4 Å². The van der Waals surface area contributed by atoms with E-state index >= 15 is 0 Å². The van der Waals surface area contributed by atoms with Crippen LogP contribution in [0.2, 0.25) is 0 Å². The molecule has 28 heavy (non-hydrogen) atoms. The van der Waals surface area contributed by atoms with Crippen molar-refractivity contribution >= 4 is 11.4 Å². The lowest BCUT2D eigenvalue weighted by molar-refractivity contribution is 0.149. The SMILES string of the molecule is [C-]#[N+]c1ccc(N2CCN(Cc3ccc(CC(C)C)cc3)C3(CC3)C2)c(F)c1. The zero-order valence-corrected chi connectivity index (χ0v) is 16.8. The standard InChI is InChI=1S/C24H28FN3/c1-18(2)14-19-4-6-20(7-5-19)16-28-13-12-27(17-24(28)10-11-24)23-9-8-21(26-3)15-22(23)25/h4-9,15,18H,10-14,16-17H2,1-2H3. The molecule has 1 saturated heterocycles. The van der Waals surface area contributed by atoms with Gasteiger partial charge in [-0.2, -0.15) is 0 Å². The first-order chi connectivity index (χ1) is 13.5. The fourth-order valence-corrected chi connectivity index (χ4v) is 4.38. The van der Waals surface area contributed by atoms with E-state index in [9.17, 15) is 4.39 Å². The molecule has 1 aliphatic carbocycles. The summed E-state index contributed by atoms with van der Waals surface area (Å²) in [7, 11) is 0. The van der Waals surface area contributed by atoms with Crippen molar-refractivity contribution in [1.82, 2.24) is 4.90 Å². The topological polar surface area (TPSA) is 10.8 Å². The Bertz CT molecular complexity index is 878. The Morgan fingerprint density at radius 1 is 1.07 bits per heavy atom. The van der Waals surface area contributed by atoms with Gasteiger partial charge in [-0.05, 0) is 48.4 Å². The zero-order valence-electron chi connectivity index (χ0n) is 16.8. The fourth-order valence-electron chi connectivity index (χ4n) is 4.38. The molecule has 0 radical (unpaired) electrons. The lowest BCUT2D eigenvalue weighted by Crippen LogP contribution is -2.54. The molecule has 0 aromatic heterocycles. The number of benzene rings is 2. The van der Waals surface area contributed by atoms with Crippen molar-refractivity contribution in [3.8, 4) is 0 Å². The highest BCUT2D eigenvalue weighted by molar-refractivity contribution is 5.57. The molecule has 0 bridgehead atoms. The summed E-state index contributed by atoms with van der Waals surface area (Å²) in [6.07, 6.45) is 3.48. The van der Waals surface area contributed by atoms with Crippen molar-refractivity contribution in [1.29, 1.82) is 0 Å². The number of hydrogen-bond acceptors (Lipinski definition) is 2. The van der Waals surface area contributed by atoms with Gasteiger partial charge in [-0.25, -0.2) is 9.24 Å². The van der Waals surface area contributed by atoms with Crippen molar-refractivity contribution < 1.29 is 4.39 Å². The minimum Gasteiger partial charge on any atom is -0.366 e. The zero-order chi connectivity index (χ0) is 19.7. The molecule has 2 aliphatic rings. The van der Waals surface area contributed by atoms with E-state index in [1.807, 2.05) is 0 Å². The van der Waals surface area contributed by atoms with Crippen LogP contribution in [0.15, 0.2) is 42.5 Å².